The summed E-state index contributed by atoms with van der Waals surface area (Å²) in [5.74, 6) is -2.66. The van der Waals surface area contributed by atoms with E-state index in [0.717, 1.165) is 32.4 Å². The molecule has 3 heterocycles. The van der Waals surface area contributed by atoms with Gasteiger partial charge in [-0.1, -0.05) is 0 Å². The Hall–Kier alpha value is -2.14. The number of hydrogen-bond acceptors (Lipinski definition) is 5. The van der Waals surface area contributed by atoms with Gasteiger partial charge in [-0.05, 0) is 19.3 Å². The van der Waals surface area contributed by atoms with E-state index in [9.17, 15) is 18.0 Å². The van der Waals surface area contributed by atoms with Crippen LogP contribution in [0.1, 0.15) is 24.8 Å². The van der Waals surface area contributed by atoms with E-state index in [0.29, 0.717) is 6.04 Å². The van der Waals surface area contributed by atoms with Gasteiger partial charge >= 0.3 is 12.1 Å². The smallest absolute Gasteiger partial charge is 0.475 e. The van der Waals surface area contributed by atoms with Gasteiger partial charge in [0.15, 0.2) is 0 Å². The maximum Gasteiger partial charge on any atom is 0.490 e. The SMILES string of the molecule is CN(C)C(=O)[C@H]1CC[C@@H]2[C@@H](CCN2Cc2cnn(C)c2)O1.O=C(O)C(F)(F)F. The third-order valence-electron chi connectivity index (χ3n) is 4.77. The van der Waals surface area contributed by atoms with Gasteiger partial charge in [-0.15, -0.1) is 0 Å². The molecule has 0 aromatic carbocycles. The molecular formula is C17H25F3N4O4. The van der Waals surface area contributed by atoms with Crippen LogP contribution in [0.5, 0.6) is 0 Å². The molecule has 1 aromatic rings. The molecular weight excluding hydrogens is 381 g/mol. The van der Waals surface area contributed by atoms with Gasteiger partial charge in [-0.25, -0.2) is 4.79 Å². The number of aromatic nitrogens is 2. The maximum absolute atomic E-state index is 12.0. The van der Waals surface area contributed by atoms with Crippen LogP contribution in [0.3, 0.4) is 0 Å². The Kier molecular flexibility index (Phi) is 7.05. The summed E-state index contributed by atoms with van der Waals surface area (Å²) in [6.45, 7) is 1.96. The fraction of sp³-hybridized carbons (Fsp3) is 0.706. The van der Waals surface area contributed by atoms with Crippen LogP contribution in [-0.2, 0) is 27.9 Å². The molecule has 8 nitrogen and oxygen atoms in total. The highest BCUT2D eigenvalue weighted by atomic mass is 19.4. The summed E-state index contributed by atoms with van der Waals surface area (Å²) in [5.41, 5.74) is 1.24. The van der Waals surface area contributed by atoms with E-state index in [1.807, 2.05) is 17.9 Å². The maximum atomic E-state index is 12.0. The summed E-state index contributed by atoms with van der Waals surface area (Å²) >= 11 is 0. The lowest BCUT2D eigenvalue weighted by Gasteiger charge is -2.36. The Morgan fingerprint density at radius 1 is 1.32 bits per heavy atom. The number of rotatable bonds is 3. The van der Waals surface area contributed by atoms with Crippen molar-refractivity contribution >= 4 is 11.9 Å². The number of halogens is 3. The summed E-state index contributed by atoms with van der Waals surface area (Å²) in [7, 11) is 5.53. The minimum Gasteiger partial charge on any atom is -0.475 e. The number of ether oxygens (including phenoxy) is 1. The van der Waals surface area contributed by atoms with Gasteiger partial charge in [-0.3, -0.25) is 14.4 Å². The number of carbonyl (C=O) groups excluding carboxylic acids is 1. The highest BCUT2D eigenvalue weighted by molar-refractivity contribution is 5.80. The Balaban J connectivity index is 0.000000345. The fourth-order valence-corrected chi connectivity index (χ4v) is 3.47. The molecule has 0 radical (unpaired) electrons. The molecule has 0 aliphatic carbocycles. The van der Waals surface area contributed by atoms with Crippen molar-refractivity contribution in [2.75, 3.05) is 20.6 Å². The number of aliphatic carboxylic acids is 1. The lowest BCUT2D eigenvalue weighted by molar-refractivity contribution is -0.192. The molecule has 2 fully saturated rings. The molecule has 3 rings (SSSR count). The highest BCUT2D eigenvalue weighted by Crippen LogP contribution is 2.32. The Labute approximate surface area is 160 Å². The van der Waals surface area contributed by atoms with Gasteiger partial charge in [-0.2, -0.15) is 18.3 Å². The molecule has 0 saturated carbocycles. The van der Waals surface area contributed by atoms with Crippen molar-refractivity contribution in [1.82, 2.24) is 19.6 Å². The van der Waals surface area contributed by atoms with Crippen molar-refractivity contribution in [3.05, 3.63) is 18.0 Å². The van der Waals surface area contributed by atoms with Gasteiger partial charge in [0.1, 0.15) is 6.10 Å². The third-order valence-corrected chi connectivity index (χ3v) is 4.77. The second-order valence-corrected chi connectivity index (χ2v) is 7.12. The highest BCUT2D eigenvalue weighted by Gasteiger charge is 2.42. The number of carbonyl (C=O) groups is 2. The number of hydrogen-bond donors (Lipinski definition) is 1. The van der Waals surface area contributed by atoms with Crippen LogP contribution in [0.25, 0.3) is 0 Å². The summed E-state index contributed by atoms with van der Waals surface area (Å²) < 4.78 is 39.6. The van der Waals surface area contributed by atoms with Gasteiger partial charge in [0.25, 0.3) is 5.91 Å². The first-order valence-electron chi connectivity index (χ1n) is 8.87. The average Bonchev–Trinajstić information content (AvgIpc) is 3.20. The largest absolute Gasteiger partial charge is 0.490 e. The molecule has 11 heteroatoms. The number of likely N-dealkylation sites (tertiary alicyclic amines) is 1. The van der Waals surface area contributed by atoms with Crippen molar-refractivity contribution in [3.8, 4) is 0 Å². The standard InChI is InChI=1S/C15H24N4O2.C2HF3O2/c1-17(2)15(20)14-5-4-12-13(21-14)6-7-19(12)10-11-8-16-18(3)9-11;3-2(4,5)1(6)7/h8-9,12-14H,4-7,10H2,1-3H3;(H,6,7)/t12-,13-,14-;/m1./s1. The van der Waals surface area contributed by atoms with E-state index in [2.05, 4.69) is 16.2 Å². The number of nitrogens with zero attached hydrogens (tertiary/aromatic N) is 4. The van der Waals surface area contributed by atoms with E-state index in [1.54, 1.807) is 19.0 Å². The number of alkyl halides is 3. The van der Waals surface area contributed by atoms with Gasteiger partial charge < -0.3 is 14.7 Å². The predicted molar refractivity (Wildman–Crippen MR) is 92.3 cm³/mol. The third kappa shape index (κ3) is 5.68. The molecule has 0 spiro atoms. The zero-order chi connectivity index (χ0) is 21.1. The predicted octanol–water partition coefficient (Wildman–Crippen LogP) is 1.26. The quantitative estimate of drug-likeness (QED) is 0.813. The number of likely N-dealkylation sites (N-methyl/N-ethyl adjacent to an activating group) is 1. The van der Waals surface area contributed by atoms with Gasteiger partial charge in [0, 0.05) is 52.0 Å². The van der Waals surface area contributed by atoms with Crippen molar-refractivity contribution in [2.45, 2.75) is 50.2 Å². The molecule has 3 atom stereocenters. The molecule has 1 amide bonds. The Morgan fingerprint density at radius 3 is 2.46 bits per heavy atom. The van der Waals surface area contributed by atoms with E-state index in [4.69, 9.17) is 14.6 Å². The second-order valence-electron chi connectivity index (χ2n) is 7.12. The van der Waals surface area contributed by atoms with Gasteiger partial charge in [0.2, 0.25) is 0 Å². The van der Waals surface area contributed by atoms with Crippen molar-refractivity contribution in [3.63, 3.8) is 0 Å². The number of fused-ring (bicyclic) bond motifs is 1. The summed E-state index contributed by atoms with van der Waals surface area (Å²) in [4.78, 5) is 25.0. The molecule has 2 aliphatic heterocycles. The molecule has 28 heavy (non-hydrogen) atoms. The van der Waals surface area contributed by atoms with E-state index < -0.39 is 12.1 Å². The van der Waals surface area contributed by atoms with E-state index >= 15 is 0 Å². The fourth-order valence-electron chi connectivity index (χ4n) is 3.47. The van der Waals surface area contributed by atoms with Crippen LogP contribution in [0, 0.1) is 0 Å². The summed E-state index contributed by atoms with van der Waals surface area (Å²) in [5, 5.41) is 11.4. The number of carboxylic acids is 1. The molecule has 0 unspecified atom stereocenters. The topological polar surface area (TPSA) is 87.9 Å². The van der Waals surface area contributed by atoms with Crippen molar-refractivity contribution < 1.29 is 32.6 Å². The Morgan fingerprint density at radius 2 is 1.96 bits per heavy atom. The molecule has 1 N–H and O–H groups in total. The van der Waals surface area contributed by atoms with Crippen LogP contribution in [-0.4, -0.2) is 81.6 Å². The average molecular weight is 406 g/mol. The van der Waals surface area contributed by atoms with Crippen LogP contribution < -0.4 is 0 Å². The van der Waals surface area contributed by atoms with E-state index in [1.165, 1.54) is 5.56 Å². The monoisotopic (exact) mass is 406 g/mol. The van der Waals surface area contributed by atoms with Crippen LogP contribution >= 0.6 is 0 Å². The lowest BCUT2D eigenvalue weighted by atomic mass is 9.98. The van der Waals surface area contributed by atoms with Crippen molar-refractivity contribution in [1.29, 1.82) is 0 Å². The van der Waals surface area contributed by atoms with Crippen LogP contribution in [0.15, 0.2) is 12.4 Å². The molecule has 0 bridgehead atoms. The normalized spacial score (nSPS) is 24.9. The molecule has 2 aliphatic rings. The minimum absolute atomic E-state index is 0.0964. The number of amides is 1. The molecule has 1 aromatic heterocycles. The first-order valence-corrected chi connectivity index (χ1v) is 8.87. The van der Waals surface area contributed by atoms with Gasteiger partial charge in [0.05, 0.1) is 12.3 Å². The summed E-state index contributed by atoms with van der Waals surface area (Å²) in [6.07, 6.45) is 1.73. The minimum atomic E-state index is -5.08. The van der Waals surface area contributed by atoms with E-state index in [-0.39, 0.29) is 18.1 Å². The first-order chi connectivity index (χ1) is 13.0. The number of aryl methyl sites for hydroxylation is 1. The molecule has 158 valence electrons. The zero-order valence-corrected chi connectivity index (χ0v) is 16.0. The molecule has 2 saturated heterocycles. The lowest BCUT2D eigenvalue weighted by Crippen LogP contribution is -2.47. The van der Waals surface area contributed by atoms with Crippen molar-refractivity contribution in [2.24, 2.45) is 7.05 Å². The summed E-state index contributed by atoms with van der Waals surface area (Å²) in [6, 6.07) is 0.441. The Bertz CT molecular complexity index is 692. The second kappa shape index (κ2) is 8.91. The van der Waals surface area contributed by atoms with Crippen LogP contribution in [0.4, 0.5) is 13.2 Å². The first kappa shape index (κ1) is 22.2. The van der Waals surface area contributed by atoms with Crippen LogP contribution in [0.2, 0.25) is 0 Å². The number of carboxylic acid groups (broad SMARTS) is 1. The zero-order valence-electron chi connectivity index (χ0n) is 16.0.